The van der Waals surface area contributed by atoms with Gasteiger partial charge in [0.05, 0.1) is 0 Å². The molecular formula is C11H18. The maximum atomic E-state index is 4.96. The fraction of sp³-hybridized carbons (Fsp3) is 0.636. The van der Waals surface area contributed by atoms with Gasteiger partial charge in [0.1, 0.15) is 0 Å². The Morgan fingerprint density at radius 2 is 1.45 bits per heavy atom. The molecule has 11 heavy (non-hydrogen) atoms. The Bertz CT molecular complexity index is 120. The molecular weight excluding hydrogens is 132 g/mol. The zero-order chi connectivity index (χ0) is 8.95. The van der Waals surface area contributed by atoms with E-state index in [9.17, 15) is 0 Å². The van der Waals surface area contributed by atoms with Crippen LogP contribution in [0.15, 0.2) is 0 Å². The van der Waals surface area contributed by atoms with Crippen LogP contribution < -0.4 is 0 Å². The number of rotatable bonds is 3. The van der Waals surface area contributed by atoms with Gasteiger partial charge in [-0.05, 0) is 12.8 Å². The van der Waals surface area contributed by atoms with Crippen LogP contribution >= 0.6 is 0 Å². The Balaban J connectivity index is 0. The molecule has 0 spiro atoms. The van der Waals surface area contributed by atoms with Crippen LogP contribution in [0.3, 0.4) is 0 Å². The number of unbranched alkanes of at least 4 members (excludes halogenated alkanes) is 3. The maximum absolute atomic E-state index is 4.96. The van der Waals surface area contributed by atoms with Crippen LogP contribution in [0.5, 0.6) is 0 Å². The first kappa shape index (κ1) is 12.8. The summed E-state index contributed by atoms with van der Waals surface area (Å²) in [4.78, 5) is 0. The molecule has 0 nitrogen and oxygen atoms in total. The predicted octanol–water partition coefficient (Wildman–Crippen LogP) is 3.23. The van der Waals surface area contributed by atoms with Crippen molar-refractivity contribution >= 4 is 0 Å². The van der Waals surface area contributed by atoms with E-state index >= 15 is 0 Å². The Morgan fingerprint density at radius 3 is 1.55 bits per heavy atom. The molecule has 0 aromatic heterocycles. The standard InChI is InChI=1S/C6H10.C5H8/c1-3-5-6-4-2;1-3-5-4-2/h1H,4-6H2,2H3;1H,4-5H2,2H3. The van der Waals surface area contributed by atoms with Gasteiger partial charge in [-0.25, -0.2) is 0 Å². The lowest BCUT2D eigenvalue weighted by Crippen LogP contribution is -1.62. The van der Waals surface area contributed by atoms with Crippen molar-refractivity contribution in [3.8, 4) is 24.7 Å². The molecule has 0 saturated heterocycles. The van der Waals surface area contributed by atoms with Gasteiger partial charge in [0.15, 0.2) is 0 Å². The number of hydrogen-bond acceptors (Lipinski definition) is 0. The SMILES string of the molecule is C#CCCC.C#CCCCC. The van der Waals surface area contributed by atoms with Gasteiger partial charge in [-0.3, -0.25) is 0 Å². The molecule has 0 bridgehead atoms. The van der Waals surface area contributed by atoms with Crippen LogP contribution in [0.4, 0.5) is 0 Å². The summed E-state index contributed by atoms with van der Waals surface area (Å²) in [6.45, 7) is 4.21. The Labute approximate surface area is 71.4 Å². The average Bonchev–Trinajstić information content (AvgIpc) is 2.04. The Kier molecular flexibility index (Phi) is 18.6. The van der Waals surface area contributed by atoms with Crippen molar-refractivity contribution < 1.29 is 0 Å². The smallest absolute Gasteiger partial charge is 0.00859 e. The topological polar surface area (TPSA) is 0 Å². The van der Waals surface area contributed by atoms with Crippen molar-refractivity contribution in [3.05, 3.63) is 0 Å². The molecule has 0 aliphatic carbocycles. The zero-order valence-corrected chi connectivity index (χ0v) is 7.69. The summed E-state index contributed by atoms with van der Waals surface area (Å²) < 4.78 is 0. The molecule has 0 heteroatoms. The van der Waals surface area contributed by atoms with Crippen molar-refractivity contribution in [2.75, 3.05) is 0 Å². The third-order valence-electron chi connectivity index (χ3n) is 1.07. The van der Waals surface area contributed by atoms with Gasteiger partial charge in [0.25, 0.3) is 0 Å². The van der Waals surface area contributed by atoms with Crippen molar-refractivity contribution in [2.24, 2.45) is 0 Å². The van der Waals surface area contributed by atoms with Crippen molar-refractivity contribution in [1.29, 1.82) is 0 Å². The van der Waals surface area contributed by atoms with E-state index < -0.39 is 0 Å². The lowest BCUT2D eigenvalue weighted by atomic mass is 10.3. The number of hydrogen-bond donors (Lipinski definition) is 0. The molecule has 0 amide bonds. The second-order valence-corrected chi connectivity index (χ2v) is 2.26. The fourth-order valence-electron chi connectivity index (χ4n) is 0.423. The molecule has 0 unspecified atom stereocenters. The molecule has 0 N–H and O–H groups in total. The molecule has 62 valence electrons. The quantitative estimate of drug-likeness (QED) is 0.428. The first-order chi connectivity index (χ1) is 5.33. The van der Waals surface area contributed by atoms with E-state index in [4.69, 9.17) is 12.8 Å². The summed E-state index contributed by atoms with van der Waals surface area (Å²) in [7, 11) is 0. The molecule has 0 atom stereocenters. The van der Waals surface area contributed by atoms with Crippen LogP contribution in [0.1, 0.15) is 46.0 Å². The summed E-state index contributed by atoms with van der Waals surface area (Å²) in [5.41, 5.74) is 0. The second kappa shape index (κ2) is 16.1. The minimum Gasteiger partial charge on any atom is -0.120 e. The van der Waals surface area contributed by atoms with Crippen LogP contribution in [0, 0.1) is 24.7 Å². The Hall–Kier alpha value is -0.880. The molecule has 0 aliphatic heterocycles. The summed E-state index contributed by atoms with van der Waals surface area (Å²) in [5, 5.41) is 0. The molecule has 0 aliphatic rings. The van der Waals surface area contributed by atoms with Gasteiger partial charge in [-0.1, -0.05) is 20.3 Å². The zero-order valence-electron chi connectivity index (χ0n) is 7.69. The summed E-state index contributed by atoms with van der Waals surface area (Å²) in [6.07, 6.45) is 15.2. The maximum Gasteiger partial charge on any atom is 0.00859 e. The molecule has 0 heterocycles. The average molecular weight is 150 g/mol. The van der Waals surface area contributed by atoms with Gasteiger partial charge < -0.3 is 0 Å². The Morgan fingerprint density at radius 1 is 0.909 bits per heavy atom. The highest BCUT2D eigenvalue weighted by atomic mass is 13.8. The van der Waals surface area contributed by atoms with E-state index in [0.717, 1.165) is 19.3 Å². The van der Waals surface area contributed by atoms with E-state index in [0.29, 0.717) is 0 Å². The van der Waals surface area contributed by atoms with E-state index in [2.05, 4.69) is 25.7 Å². The monoisotopic (exact) mass is 150 g/mol. The van der Waals surface area contributed by atoms with E-state index in [1.807, 2.05) is 0 Å². The van der Waals surface area contributed by atoms with E-state index in [1.54, 1.807) is 0 Å². The third-order valence-corrected chi connectivity index (χ3v) is 1.07. The third kappa shape index (κ3) is 27.2. The van der Waals surface area contributed by atoms with Crippen molar-refractivity contribution in [1.82, 2.24) is 0 Å². The lowest BCUT2D eigenvalue weighted by Gasteiger charge is -1.79. The van der Waals surface area contributed by atoms with Gasteiger partial charge in [-0.15, -0.1) is 24.7 Å². The molecule has 0 aromatic carbocycles. The largest absolute Gasteiger partial charge is 0.120 e. The number of terminal acetylenes is 2. The van der Waals surface area contributed by atoms with E-state index in [1.165, 1.54) is 12.8 Å². The molecule has 0 radical (unpaired) electrons. The van der Waals surface area contributed by atoms with Crippen LogP contribution in [0.2, 0.25) is 0 Å². The highest BCUT2D eigenvalue weighted by Gasteiger charge is 1.71. The van der Waals surface area contributed by atoms with Gasteiger partial charge in [0, 0.05) is 12.8 Å². The highest BCUT2D eigenvalue weighted by Crippen LogP contribution is 1.88. The molecule has 0 rings (SSSR count). The molecule has 0 aromatic rings. The van der Waals surface area contributed by atoms with Gasteiger partial charge in [0.2, 0.25) is 0 Å². The summed E-state index contributed by atoms with van der Waals surface area (Å²) in [5.74, 6) is 5.09. The first-order valence-corrected chi connectivity index (χ1v) is 4.20. The van der Waals surface area contributed by atoms with Crippen molar-refractivity contribution in [3.63, 3.8) is 0 Å². The summed E-state index contributed by atoms with van der Waals surface area (Å²) >= 11 is 0. The van der Waals surface area contributed by atoms with Crippen LogP contribution in [0.25, 0.3) is 0 Å². The van der Waals surface area contributed by atoms with Gasteiger partial charge in [-0.2, -0.15) is 0 Å². The van der Waals surface area contributed by atoms with Gasteiger partial charge >= 0.3 is 0 Å². The minimum atomic E-state index is 0.917. The second-order valence-electron chi connectivity index (χ2n) is 2.26. The fourth-order valence-corrected chi connectivity index (χ4v) is 0.423. The van der Waals surface area contributed by atoms with Crippen molar-refractivity contribution in [2.45, 2.75) is 46.0 Å². The predicted molar refractivity (Wildman–Crippen MR) is 52.1 cm³/mol. The lowest BCUT2D eigenvalue weighted by molar-refractivity contribution is 0.828. The highest BCUT2D eigenvalue weighted by molar-refractivity contribution is 4.82. The molecule has 0 fully saturated rings. The van der Waals surface area contributed by atoms with E-state index in [-0.39, 0.29) is 0 Å². The van der Waals surface area contributed by atoms with Crippen LogP contribution in [-0.4, -0.2) is 0 Å². The molecule has 0 saturated carbocycles. The minimum absolute atomic E-state index is 0.917. The first-order valence-electron chi connectivity index (χ1n) is 4.20. The van der Waals surface area contributed by atoms with Crippen LogP contribution in [-0.2, 0) is 0 Å². The normalized spacial score (nSPS) is 6.91. The summed E-state index contributed by atoms with van der Waals surface area (Å²) in [6, 6.07) is 0.